The number of carbonyl (C=O) groups excluding carboxylic acids is 1. The van der Waals surface area contributed by atoms with E-state index in [4.69, 9.17) is 10.00 Å². The highest BCUT2D eigenvalue weighted by molar-refractivity contribution is 7.10. The van der Waals surface area contributed by atoms with Crippen LogP contribution in [0.1, 0.15) is 42.2 Å². The van der Waals surface area contributed by atoms with Crippen LogP contribution < -0.4 is 5.32 Å². The van der Waals surface area contributed by atoms with Crippen LogP contribution in [0.25, 0.3) is 0 Å². The zero-order chi connectivity index (χ0) is 13.7. The average Bonchev–Trinajstić information content (AvgIpc) is 2.81. The lowest BCUT2D eigenvalue weighted by Crippen LogP contribution is -2.39. The highest BCUT2D eigenvalue weighted by Gasteiger charge is 2.24. The lowest BCUT2D eigenvalue weighted by molar-refractivity contribution is 0.139. The Kier molecular flexibility index (Phi) is 4.80. The van der Waals surface area contributed by atoms with E-state index in [0.717, 1.165) is 42.5 Å². The number of hydrogen-bond donors (Lipinski definition) is 1. The van der Waals surface area contributed by atoms with Gasteiger partial charge in [-0.15, -0.1) is 11.3 Å². The molecule has 0 aliphatic heterocycles. The average molecular weight is 278 g/mol. The van der Waals surface area contributed by atoms with Crippen molar-refractivity contribution >= 4 is 17.4 Å². The minimum Gasteiger partial charge on any atom is -0.450 e. The minimum absolute atomic E-state index is 0.0864. The van der Waals surface area contributed by atoms with Gasteiger partial charge in [0.25, 0.3) is 0 Å². The number of amides is 1. The SMILES string of the molecule is CCCCOC(=O)NC1CCc2csc(C#N)c2C1. The molecule has 0 spiro atoms. The summed E-state index contributed by atoms with van der Waals surface area (Å²) in [7, 11) is 0. The highest BCUT2D eigenvalue weighted by Crippen LogP contribution is 2.29. The number of thiophene rings is 1. The van der Waals surface area contributed by atoms with Crippen LogP contribution in [0.5, 0.6) is 0 Å². The Morgan fingerprint density at radius 3 is 3.26 bits per heavy atom. The van der Waals surface area contributed by atoms with Crippen LogP contribution in [0.2, 0.25) is 0 Å². The summed E-state index contributed by atoms with van der Waals surface area (Å²) >= 11 is 1.50. The Labute approximate surface area is 117 Å². The van der Waals surface area contributed by atoms with Gasteiger partial charge in [0, 0.05) is 6.04 Å². The fourth-order valence-electron chi connectivity index (χ4n) is 2.26. The first-order valence-electron chi connectivity index (χ1n) is 6.67. The molecule has 1 heterocycles. The number of fused-ring (bicyclic) bond motifs is 1. The predicted octanol–water partition coefficient (Wildman–Crippen LogP) is 3.00. The lowest BCUT2D eigenvalue weighted by Gasteiger charge is -2.23. The molecular formula is C14H18N2O2S. The van der Waals surface area contributed by atoms with Gasteiger partial charge in [-0.1, -0.05) is 13.3 Å². The van der Waals surface area contributed by atoms with Crippen LogP contribution >= 0.6 is 11.3 Å². The largest absolute Gasteiger partial charge is 0.450 e. The monoisotopic (exact) mass is 278 g/mol. The van der Waals surface area contributed by atoms with Crippen molar-refractivity contribution in [2.24, 2.45) is 0 Å². The molecule has 1 unspecified atom stereocenters. The van der Waals surface area contributed by atoms with E-state index in [2.05, 4.69) is 23.7 Å². The number of aryl methyl sites for hydroxylation is 1. The van der Waals surface area contributed by atoms with Crippen LogP contribution in [-0.2, 0) is 17.6 Å². The molecule has 1 atom stereocenters. The molecule has 0 aromatic carbocycles. The lowest BCUT2D eigenvalue weighted by atomic mass is 9.90. The quantitative estimate of drug-likeness (QED) is 0.861. The smallest absolute Gasteiger partial charge is 0.407 e. The molecule has 2 rings (SSSR count). The van der Waals surface area contributed by atoms with Crippen molar-refractivity contribution in [3.8, 4) is 6.07 Å². The maximum atomic E-state index is 11.6. The van der Waals surface area contributed by atoms with Gasteiger partial charge in [-0.3, -0.25) is 0 Å². The Morgan fingerprint density at radius 2 is 2.53 bits per heavy atom. The van der Waals surface area contributed by atoms with Gasteiger partial charge in [-0.25, -0.2) is 4.79 Å². The number of nitrogens with zero attached hydrogens (tertiary/aromatic N) is 1. The molecule has 1 amide bonds. The van der Waals surface area contributed by atoms with Gasteiger partial charge in [-0.2, -0.15) is 5.26 Å². The second-order valence-electron chi connectivity index (χ2n) is 4.75. The molecular weight excluding hydrogens is 260 g/mol. The highest BCUT2D eigenvalue weighted by atomic mass is 32.1. The Balaban J connectivity index is 1.88. The molecule has 1 aromatic rings. The second-order valence-corrected chi connectivity index (χ2v) is 5.63. The molecule has 1 aromatic heterocycles. The third-order valence-electron chi connectivity index (χ3n) is 3.35. The molecule has 1 aliphatic carbocycles. The van der Waals surface area contributed by atoms with Gasteiger partial charge in [0.2, 0.25) is 0 Å². The predicted molar refractivity (Wildman–Crippen MR) is 74.2 cm³/mol. The first kappa shape index (κ1) is 13.9. The maximum Gasteiger partial charge on any atom is 0.407 e. The van der Waals surface area contributed by atoms with Crippen LogP contribution in [-0.4, -0.2) is 18.7 Å². The fourth-order valence-corrected chi connectivity index (χ4v) is 3.19. The fraction of sp³-hybridized carbons (Fsp3) is 0.571. The molecule has 1 aliphatic rings. The number of ether oxygens (including phenoxy) is 1. The van der Waals surface area contributed by atoms with Gasteiger partial charge in [0.1, 0.15) is 10.9 Å². The maximum absolute atomic E-state index is 11.6. The Bertz CT molecular complexity index is 490. The van der Waals surface area contributed by atoms with Crippen molar-refractivity contribution in [3.05, 3.63) is 21.4 Å². The number of hydrogen-bond acceptors (Lipinski definition) is 4. The van der Waals surface area contributed by atoms with Gasteiger partial charge < -0.3 is 10.1 Å². The first-order chi connectivity index (χ1) is 9.24. The van der Waals surface area contributed by atoms with Crippen LogP contribution in [0.15, 0.2) is 5.38 Å². The van der Waals surface area contributed by atoms with Crippen molar-refractivity contribution in [1.29, 1.82) is 5.26 Å². The molecule has 102 valence electrons. The summed E-state index contributed by atoms with van der Waals surface area (Å²) in [5.74, 6) is 0. The van der Waals surface area contributed by atoms with Gasteiger partial charge in [0.05, 0.1) is 6.61 Å². The van der Waals surface area contributed by atoms with Crippen molar-refractivity contribution < 1.29 is 9.53 Å². The normalized spacial score (nSPS) is 17.4. The summed E-state index contributed by atoms with van der Waals surface area (Å²) in [6.07, 6.45) is 4.15. The number of unbranched alkanes of at least 4 members (excludes halogenated alkanes) is 1. The molecule has 5 heteroatoms. The summed E-state index contributed by atoms with van der Waals surface area (Å²) < 4.78 is 5.10. The number of alkyl carbamates (subject to hydrolysis) is 1. The summed E-state index contributed by atoms with van der Waals surface area (Å²) in [6.45, 7) is 2.53. The number of rotatable bonds is 4. The summed E-state index contributed by atoms with van der Waals surface area (Å²) in [6, 6.07) is 2.31. The number of nitriles is 1. The van der Waals surface area contributed by atoms with Crippen LogP contribution in [0, 0.1) is 11.3 Å². The zero-order valence-electron chi connectivity index (χ0n) is 11.1. The minimum atomic E-state index is -0.337. The molecule has 0 radical (unpaired) electrons. The van der Waals surface area contributed by atoms with Crippen molar-refractivity contribution in [1.82, 2.24) is 5.32 Å². The first-order valence-corrected chi connectivity index (χ1v) is 7.55. The van der Waals surface area contributed by atoms with Crippen molar-refractivity contribution in [2.45, 2.75) is 45.1 Å². The van der Waals surface area contributed by atoms with E-state index in [9.17, 15) is 4.79 Å². The zero-order valence-corrected chi connectivity index (χ0v) is 11.9. The molecule has 0 saturated carbocycles. The van der Waals surface area contributed by atoms with Crippen molar-refractivity contribution in [3.63, 3.8) is 0 Å². The molecule has 1 N–H and O–H groups in total. The summed E-state index contributed by atoms with van der Waals surface area (Å²) in [5, 5.41) is 14.0. The summed E-state index contributed by atoms with van der Waals surface area (Å²) in [5.41, 5.74) is 2.37. The van der Waals surface area contributed by atoms with Crippen LogP contribution in [0.4, 0.5) is 4.79 Å². The Hall–Kier alpha value is -1.54. The molecule has 19 heavy (non-hydrogen) atoms. The molecule has 0 bridgehead atoms. The molecule has 0 saturated heterocycles. The van der Waals surface area contributed by atoms with Crippen LogP contribution in [0.3, 0.4) is 0 Å². The van der Waals surface area contributed by atoms with E-state index >= 15 is 0 Å². The number of nitrogens with one attached hydrogen (secondary N) is 1. The van der Waals surface area contributed by atoms with Gasteiger partial charge >= 0.3 is 6.09 Å². The van der Waals surface area contributed by atoms with E-state index in [1.54, 1.807) is 0 Å². The third kappa shape index (κ3) is 3.48. The standard InChI is InChI=1S/C14H18N2O2S/c1-2-3-6-18-14(17)16-11-5-4-10-9-19-13(8-15)12(10)7-11/h9,11H,2-7H2,1H3,(H,16,17). The van der Waals surface area contributed by atoms with E-state index < -0.39 is 0 Å². The Morgan fingerprint density at radius 1 is 1.68 bits per heavy atom. The van der Waals surface area contributed by atoms with Gasteiger partial charge in [0.15, 0.2) is 0 Å². The molecule has 0 fully saturated rings. The number of carbonyl (C=O) groups is 1. The van der Waals surface area contributed by atoms with Crippen molar-refractivity contribution in [2.75, 3.05) is 6.61 Å². The van der Waals surface area contributed by atoms with E-state index in [0.29, 0.717) is 6.61 Å². The summed E-state index contributed by atoms with van der Waals surface area (Å²) in [4.78, 5) is 12.4. The van der Waals surface area contributed by atoms with E-state index in [1.165, 1.54) is 16.9 Å². The third-order valence-corrected chi connectivity index (χ3v) is 4.32. The van der Waals surface area contributed by atoms with Gasteiger partial charge in [-0.05, 0) is 42.2 Å². The topological polar surface area (TPSA) is 62.1 Å². The van der Waals surface area contributed by atoms with E-state index in [1.807, 2.05) is 0 Å². The molecule has 4 nitrogen and oxygen atoms in total. The van der Waals surface area contributed by atoms with E-state index in [-0.39, 0.29) is 12.1 Å². The second kappa shape index (κ2) is 6.58.